The third kappa shape index (κ3) is 49.3. The summed E-state index contributed by atoms with van der Waals surface area (Å²) in [6.45, 7) is 5.56. The van der Waals surface area contributed by atoms with Crippen molar-refractivity contribution in [3.8, 4) is 0 Å². The van der Waals surface area contributed by atoms with E-state index in [2.05, 4.69) is 52.0 Å². The second kappa shape index (κ2) is 69.4. The summed E-state index contributed by atoms with van der Waals surface area (Å²) in [4.78, 5) is 66.4. The number of unbranched alkanes of at least 4 members (excludes halogenated alkanes) is 47. The van der Waals surface area contributed by atoms with Crippen LogP contribution in [0.1, 0.15) is 394 Å². The van der Waals surface area contributed by atoms with Crippen molar-refractivity contribution in [3.05, 3.63) is 24.3 Å². The molecule has 1 saturated carbocycles. The van der Waals surface area contributed by atoms with Crippen LogP contribution >= 0.6 is 7.82 Å². The van der Waals surface area contributed by atoms with Crippen LogP contribution < -0.4 is 0 Å². The topological polar surface area (TPSA) is 380 Å². The molecule has 3 rings (SSSR count). The molecule has 0 radical (unpaired) electrons. The lowest BCUT2D eigenvalue weighted by molar-refractivity contribution is -0.360. The van der Waals surface area contributed by atoms with E-state index >= 15 is 0 Å². The van der Waals surface area contributed by atoms with Gasteiger partial charge in [0.1, 0.15) is 92.6 Å². The number of carbonyl (C=O) groups excluding carboxylic acids is 4. The molecule has 116 heavy (non-hydrogen) atoms. The highest BCUT2D eigenvalue weighted by Gasteiger charge is 2.60. The standard InChI is InChI=1S/C90H165O25P/c1-5-9-13-17-21-25-29-33-35-37-41-45-49-53-57-61-65-76(95)112-85-81(100)82(101)86(113-89-83(102)79(98)77(96)71(66-91)110-89)88(87(85)114-90-84(103)80(99)78(97)72(111-90)69-107-74(93)63-59-55-51-47-43-40-36-34-30-26-22-18-14-10-6-2)115-116(104,105)108-68-70(109-75(94)64-60-56-52-48-44-39-32-28-24-20-16-12-8-4)67-106-73(92)62-58-54-50-46-42-38-31-27-23-19-15-11-7-3/h26,30,38,42,70-72,77-91,96-103H,5-25,27-29,31-37,39-41,43-69H2,1-4H3,(H,104,105)/b30-26-,42-38-. The Balaban J connectivity index is 1.92. The maximum Gasteiger partial charge on any atom is 0.472 e. The zero-order chi connectivity index (χ0) is 84.7. The Morgan fingerprint density at radius 3 is 1.04 bits per heavy atom. The van der Waals surface area contributed by atoms with Crippen LogP contribution in [0, 0.1) is 0 Å². The molecule has 10 N–H and O–H groups in total. The van der Waals surface area contributed by atoms with Crippen LogP contribution in [0.15, 0.2) is 24.3 Å². The Bertz CT molecular complexity index is 2510. The predicted molar refractivity (Wildman–Crippen MR) is 449 cm³/mol. The van der Waals surface area contributed by atoms with Gasteiger partial charge in [-0.15, -0.1) is 0 Å². The molecule has 18 atom stereocenters. The summed E-state index contributed by atoms with van der Waals surface area (Å²) in [5, 5.41) is 102. The van der Waals surface area contributed by atoms with Gasteiger partial charge in [-0.25, -0.2) is 4.57 Å². The van der Waals surface area contributed by atoms with Gasteiger partial charge in [-0.2, -0.15) is 0 Å². The van der Waals surface area contributed by atoms with Gasteiger partial charge in [0, 0.05) is 25.7 Å². The van der Waals surface area contributed by atoms with Gasteiger partial charge in [-0.1, -0.05) is 315 Å². The number of allylic oxidation sites excluding steroid dienone is 4. The van der Waals surface area contributed by atoms with E-state index in [1.54, 1.807) is 0 Å². The van der Waals surface area contributed by atoms with Crippen molar-refractivity contribution in [3.63, 3.8) is 0 Å². The fourth-order valence-corrected chi connectivity index (χ4v) is 16.2. The van der Waals surface area contributed by atoms with Crippen molar-refractivity contribution in [2.75, 3.05) is 26.4 Å². The Morgan fingerprint density at radius 1 is 0.336 bits per heavy atom. The number of aliphatic hydroxyl groups excluding tert-OH is 9. The smallest absolute Gasteiger partial charge is 0.463 e. The molecule has 3 aliphatic rings. The molecule has 680 valence electrons. The summed E-state index contributed by atoms with van der Waals surface area (Å²) in [6.07, 6.45) is 28.9. The molecule has 0 aromatic carbocycles. The van der Waals surface area contributed by atoms with Gasteiger partial charge < -0.3 is 88.7 Å². The van der Waals surface area contributed by atoms with Crippen LogP contribution in [0.3, 0.4) is 0 Å². The maximum absolute atomic E-state index is 14.9. The lowest BCUT2D eigenvalue weighted by Crippen LogP contribution is -2.70. The quantitative estimate of drug-likeness (QED) is 0.00889. The molecule has 2 saturated heterocycles. The molecule has 26 heteroatoms. The third-order valence-corrected chi connectivity index (χ3v) is 23.7. The summed E-state index contributed by atoms with van der Waals surface area (Å²) < 4.78 is 73.4. The van der Waals surface area contributed by atoms with Crippen molar-refractivity contribution >= 4 is 31.7 Å². The van der Waals surface area contributed by atoms with Gasteiger partial charge in [0.2, 0.25) is 0 Å². The number of esters is 4. The molecular weight excluding hydrogens is 1510 g/mol. The molecule has 1 aliphatic carbocycles. The maximum atomic E-state index is 14.9. The Labute approximate surface area is 698 Å². The van der Waals surface area contributed by atoms with Gasteiger partial charge in [-0.3, -0.25) is 28.2 Å². The normalized spacial score (nSPS) is 25.2. The zero-order valence-electron chi connectivity index (χ0n) is 72.3. The molecule has 0 bridgehead atoms. The lowest BCUT2D eigenvalue weighted by Gasteiger charge is -2.50. The molecule has 2 aliphatic heterocycles. The van der Waals surface area contributed by atoms with E-state index in [1.807, 2.05) is 0 Å². The van der Waals surface area contributed by atoms with E-state index in [0.29, 0.717) is 32.1 Å². The molecule has 3 fully saturated rings. The van der Waals surface area contributed by atoms with Crippen molar-refractivity contribution in [1.82, 2.24) is 0 Å². The van der Waals surface area contributed by atoms with Crippen LogP contribution in [0.4, 0.5) is 0 Å². The van der Waals surface area contributed by atoms with E-state index in [0.717, 1.165) is 148 Å². The Hall–Kier alpha value is -3.05. The number of rotatable bonds is 75. The number of phosphoric ester groups is 1. The second-order valence-corrected chi connectivity index (χ2v) is 34.6. The van der Waals surface area contributed by atoms with Crippen LogP contribution in [-0.4, -0.2) is 205 Å². The van der Waals surface area contributed by atoms with E-state index < -0.39 is 162 Å². The van der Waals surface area contributed by atoms with Gasteiger partial charge in [0.15, 0.2) is 24.8 Å². The van der Waals surface area contributed by atoms with Crippen LogP contribution in [-0.2, 0) is 70.7 Å². The highest BCUT2D eigenvalue weighted by molar-refractivity contribution is 7.47. The van der Waals surface area contributed by atoms with Gasteiger partial charge in [0.05, 0.1) is 13.2 Å². The minimum Gasteiger partial charge on any atom is -0.463 e. The fourth-order valence-electron chi connectivity index (χ4n) is 15.2. The monoisotopic (exact) mass is 1680 g/mol. The Morgan fingerprint density at radius 2 is 0.647 bits per heavy atom. The summed E-state index contributed by atoms with van der Waals surface area (Å²) in [5.74, 6) is -2.98. The van der Waals surface area contributed by atoms with E-state index in [9.17, 15) is 74.6 Å². The van der Waals surface area contributed by atoms with Crippen LogP contribution in [0.5, 0.6) is 0 Å². The van der Waals surface area contributed by atoms with Gasteiger partial charge in [-0.05, 0) is 77.0 Å². The summed E-state index contributed by atoms with van der Waals surface area (Å²) in [6, 6.07) is 0. The third-order valence-electron chi connectivity index (χ3n) is 22.7. The number of hydrogen-bond donors (Lipinski definition) is 10. The van der Waals surface area contributed by atoms with Crippen LogP contribution in [0.25, 0.3) is 0 Å². The molecule has 0 amide bonds. The highest BCUT2D eigenvalue weighted by Crippen LogP contribution is 2.49. The predicted octanol–water partition coefficient (Wildman–Crippen LogP) is 16.9. The second-order valence-electron chi connectivity index (χ2n) is 33.2. The van der Waals surface area contributed by atoms with Crippen molar-refractivity contribution in [2.24, 2.45) is 0 Å². The number of hydrogen-bond acceptors (Lipinski definition) is 24. The van der Waals surface area contributed by atoms with Gasteiger partial charge in [0.25, 0.3) is 0 Å². The number of ether oxygens (including phenoxy) is 8. The minimum atomic E-state index is -5.81. The van der Waals surface area contributed by atoms with Crippen molar-refractivity contribution in [1.29, 1.82) is 0 Å². The first-order chi connectivity index (χ1) is 56.2. The van der Waals surface area contributed by atoms with Crippen molar-refractivity contribution < 1.29 is 122 Å². The first-order valence-electron chi connectivity index (χ1n) is 46.6. The summed E-state index contributed by atoms with van der Waals surface area (Å²) in [5.41, 5.74) is 0. The Kier molecular flexibility index (Phi) is 64.1. The molecule has 0 aromatic rings. The molecule has 0 aromatic heterocycles. The van der Waals surface area contributed by atoms with E-state index in [-0.39, 0.29) is 25.7 Å². The van der Waals surface area contributed by atoms with Crippen LogP contribution in [0.2, 0.25) is 0 Å². The summed E-state index contributed by atoms with van der Waals surface area (Å²) in [7, 11) is -5.81. The van der Waals surface area contributed by atoms with E-state index in [4.69, 9.17) is 46.9 Å². The number of phosphoric acid groups is 1. The first kappa shape index (κ1) is 107. The minimum absolute atomic E-state index is 0.00950. The highest BCUT2D eigenvalue weighted by atomic mass is 31.2. The average molecular weight is 1680 g/mol. The summed E-state index contributed by atoms with van der Waals surface area (Å²) >= 11 is 0. The average Bonchev–Trinajstić information content (AvgIpc) is 0.754. The van der Waals surface area contributed by atoms with E-state index in [1.165, 1.54) is 161 Å². The largest absolute Gasteiger partial charge is 0.472 e. The zero-order valence-corrected chi connectivity index (χ0v) is 73.2. The van der Waals surface area contributed by atoms with Crippen molar-refractivity contribution in [2.45, 2.75) is 498 Å². The molecule has 18 unspecified atom stereocenters. The van der Waals surface area contributed by atoms with Gasteiger partial charge >= 0.3 is 31.7 Å². The molecular formula is C90H165O25P. The SMILES string of the molecule is CCCCCC/C=C\CCCCCCCCCC(=O)OCC1OC(OC2C(OC(=O)CCCCCCCCCCCCCCCCCC)C(O)C(O)C(OC3OC(CO)C(O)C(O)C3O)C2OP(=O)(O)OCC(COC(=O)CCCCC/C=C\CCCCCCCC)OC(=O)CCCCCCCCCCCCCCC)C(O)C(O)C1O. The molecule has 2 heterocycles. The number of aliphatic hydroxyl groups is 9. The lowest BCUT2D eigenvalue weighted by atomic mass is 9.84. The first-order valence-corrected chi connectivity index (χ1v) is 48.1. The number of carbonyl (C=O) groups is 4. The molecule has 25 nitrogen and oxygen atoms in total. The fraction of sp³-hybridized carbons (Fsp3) is 0.911. The molecule has 0 spiro atoms.